The van der Waals surface area contributed by atoms with Crippen molar-refractivity contribution >= 4 is 35.2 Å². The van der Waals surface area contributed by atoms with Gasteiger partial charge in [-0.1, -0.05) is 12.1 Å². The molecule has 0 unspecified atom stereocenters. The van der Waals surface area contributed by atoms with E-state index in [1.807, 2.05) is 18.2 Å². The van der Waals surface area contributed by atoms with Gasteiger partial charge >= 0.3 is 5.97 Å². The van der Waals surface area contributed by atoms with Crippen LogP contribution >= 0.6 is 11.8 Å². The van der Waals surface area contributed by atoms with Crippen molar-refractivity contribution in [2.24, 2.45) is 5.92 Å². The molecule has 136 valence electrons. The summed E-state index contributed by atoms with van der Waals surface area (Å²) in [7, 11) is 0. The molecule has 0 bridgehead atoms. The van der Waals surface area contributed by atoms with Gasteiger partial charge in [0.1, 0.15) is 5.54 Å². The van der Waals surface area contributed by atoms with E-state index in [1.54, 1.807) is 13.0 Å². The van der Waals surface area contributed by atoms with Crippen LogP contribution in [0, 0.1) is 17.2 Å². The van der Waals surface area contributed by atoms with E-state index in [9.17, 15) is 19.6 Å². The Kier molecular flexibility index (Phi) is 5.18. The van der Waals surface area contributed by atoms with Crippen LogP contribution in [0.5, 0.6) is 0 Å². The third-order valence-electron chi connectivity index (χ3n) is 4.45. The number of thioether (sulfide) groups is 1. The number of nitrogens with zero attached hydrogens (tertiary/aromatic N) is 1. The molecule has 26 heavy (non-hydrogen) atoms. The summed E-state index contributed by atoms with van der Waals surface area (Å²) < 4.78 is 4.98. The molecule has 8 heteroatoms. The quantitative estimate of drug-likeness (QED) is 0.737. The number of nitriles is 1. The van der Waals surface area contributed by atoms with Gasteiger partial charge in [0.2, 0.25) is 5.91 Å². The smallest absolute Gasteiger partial charge is 0.307 e. The number of fused-ring (bicyclic) bond motifs is 1. The summed E-state index contributed by atoms with van der Waals surface area (Å²) in [6.45, 7) is 1.21. The molecule has 2 atom stereocenters. The maximum Gasteiger partial charge on any atom is 0.307 e. The topological polar surface area (TPSA) is 108 Å². The number of anilines is 1. The Morgan fingerprint density at radius 1 is 1.42 bits per heavy atom. The Morgan fingerprint density at radius 2 is 2.15 bits per heavy atom. The third kappa shape index (κ3) is 4.17. The molecule has 1 aliphatic heterocycles. The maximum absolute atomic E-state index is 12.1. The van der Waals surface area contributed by atoms with E-state index < -0.39 is 29.3 Å². The molecule has 0 radical (unpaired) electrons. The molecule has 0 saturated heterocycles. The molecule has 2 aliphatic rings. The highest BCUT2D eigenvalue weighted by atomic mass is 32.2. The number of benzene rings is 1. The molecule has 7 nitrogen and oxygen atoms in total. The normalized spacial score (nSPS) is 20.8. The average Bonchev–Trinajstić information content (AvgIpc) is 3.46. The van der Waals surface area contributed by atoms with Crippen LogP contribution in [0.15, 0.2) is 29.2 Å². The second-order valence-corrected chi connectivity index (χ2v) is 7.84. The number of hydrogen-bond acceptors (Lipinski definition) is 6. The Bertz CT molecular complexity index is 787. The van der Waals surface area contributed by atoms with E-state index in [2.05, 4.69) is 16.7 Å². The molecule has 0 aromatic heterocycles. The molecular formula is C18H19N3O4S. The Balaban J connectivity index is 1.48. The number of para-hydroxylation sites is 1. The minimum Gasteiger partial charge on any atom is -0.456 e. The Hall–Kier alpha value is -2.53. The minimum atomic E-state index is -0.924. The average molecular weight is 373 g/mol. The SMILES string of the molecule is C[C@@](C#N)(NC(=O)COC(=O)C[C@@H]1Sc2ccccc2NC1=O)C1CC1. The monoisotopic (exact) mass is 373 g/mol. The lowest BCUT2D eigenvalue weighted by Crippen LogP contribution is -2.48. The van der Waals surface area contributed by atoms with Crippen LogP contribution in [-0.2, 0) is 19.1 Å². The highest BCUT2D eigenvalue weighted by Gasteiger charge is 2.43. The van der Waals surface area contributed by atoms with Gasteiger partial charge in [-0.2, -0.15) is 5.26 Å². The Morgan fingerprint density at radius 3 is 2.85 bits per heavy atom. The maximum atomic E-state index is 12.1. The van der Waals surface area contributed by atoms with Crippen molar-refractivity contribution in [2.45, 2.75) is 41.9 Å². The highest BCUT2D eigenvalue weighted by Crippen LogP contribution is 2.39. The first kappa shape index (κ1) is 18.3. The second kappa shape index (κ2) is 7.38. The fourth-order valence-electron chi connectivity index (χ4n) is 2.79. The molecule has 1 saturated carbocycles. The number of carbonyl (C=O) groups excluding carboxylic acids is 3. The van der Waals surface area contributed by atoms with Crippen LogP contribution in [0.3, 0.4) is 0 Å². The summed E-state index contributed by atoms with van der Waals surface area (Å²) >= 11 is 1.30. The summed E-state index contributed by atoms with van der Waals surface area (Å²) in [4.78, 5) is 36.9. The summed E-state index contributed by atoms with van der Waals surface area (Å²) in [5.41, 5.74) is -0.200. The largest absolute Gasteiger partial charge is 0.456 e. The number of hydrogen-bond donors (Lipinski definition) is 2. The highest BCUT2D eigenvalue weighted by molar-refractivity contribution is 8.01. The first-order valence-corrected chi connectivity index (χ1v) is 9.23. The number of rotatable bonds is 6. The molecule has 2 N–H and O–H groups in total. The number of nitrogens with one attached hydrogen (secondary N) is 2. The van der Waals surface area contributed by atoms with Crippen molar-refractivity contribution in [1.29, 1.82) is 5.26 Å². The van der Waals surface area contributed by atoms with Crippen LogP contribution in [0.2, 0.25) is 0 Å². The summed E-state index contributed by atoms with van der Waals surface area (Å²) in [6.07, 6.45) is 1.68. The van der Waals surface area contributed by atoms with Gasteiger partial charge in [0.05, 0.1) is 23.4 Å². The summed E-state index contributed by atoms with van der Waals surface area (Å²) in [5, 5.41) is 14.0. The fraction of sp³-hybridized carbons (Fsp3) is 0.444. The lowest BCUT2D eigenvalue weighted by atomic mass is 9.98. The predicted molar refractivity (Wildman–Crippen MR) is 95.2 cm³/mol. The van der Waals surface area contributed by atoms with Gasteiger partial charge in [-0.05, 0) is 37.8 Å². The standard InChI is InChI=1S/C18H19N3O4S/c1-18(10-19,11-6-7-11)21-15(22)9-25-16(23)8-14-17(24)20-12-4-2-3-5-13(12)26-14/h2-5,11,14H,6-9H2,1H3,(H,20,24)(H,21,22)/t14-,18-/m0/s1. The molecule has 1 fully saturated rings. The van der Waals surface area contributed by atoms with Gasteiger partial charge in [0.15, 0.2) is 6.61 Å². The number of amides is 2. The lowest BCUT2D eigenvalue weighted by molar-refractivity contribution is -0.149. The van der Waals surface area contributed by atoms with Gasteiger partial charge in [0.25, 0.3) is 5.91 Å². The van der Waals surface area contributed by atoms with Crippen molar-refractivity contribution in [3.8, 4) is 6.07 Å². The van der Waals surface area contributed by atoms with E-state index in [1.165, 1.54) is 11.8 Å². The van der Waals surface area contributed by atoms with Crippen LogP contribution in [0.1, 0.15) is 26.2 Å². The van der Waals surface area contributed by atoms with Crippen LogP contribution in [0.4, 0.5) is 5.69 Å². The van der Waals surface area contributed by atoms with Crippen LogP contribution < -0.4 is 10.6 Å². The van der Waals surface area contributed by atoms with Crippen molar-refractivity contribution in [1.82, 2.24) is 5.32 Å². The summed E-state index contributed by atoms with van der Waals surface area (Å²) in [5.74, 6) is -1.26. The zero-order valence-electron chi connectivity index (χ0n) is 14.3. The van der Waals surface area contributed by atoms with E-state index in [-0.39, 0.29) is 18.2 Å². The number of ether oxygens (including phenoxy) is 1. The number of carbonyl (C=O) groups is 3. The van der Waals surface area contributed by atoms with Gasteiger partial charge < -0.3 is 15.4 Å². The molecule has 1 aromatic rings. The van der Waals surface area contributed by atoms with E-state index in [0.717, 1.165) is 23.4 Å². The predicted octanol–water partition coefficient (Wildman–Crippen LogP) is 1.84. The van der Waals surface area contributed by atoms with E-state index >= 15 is 0 Å². The molecule has 1 aliphatic carbocycles. The van der Waals surface area contributed by atoms with Crippen LogP contribution in [0.25, 0.3) is 0 Å². The molecule has 2 amide bonds. The lowest BCUT2D eigenvalue weighted by Gasteiger charge is -2.24. The molecule has 0 spiro atoms. The van der Waals surface area contributed by atoms with Gasteiger partial charge in [-0.3, -0.25) is 14.4 Å². The van der Waals surface area contributed by atoms with Crippen molar-refractivity contribution in [3.63, 3.8) is 0 Å². The fourth-order valence-corrected chi connectivity index (χ4v) is 3.89. The molecule has 3 rings (SSSR count). The second-order valence-electron chi connectivity index (χ2n) is 6.59. The third-order valence-corrected chi connectivity index (χ3v) is 5.72. The minimum absolute atomic E-state index is 0.129. The molecule has 1 heterocycles. The Labute approximate surface area is 155 Å². The molecular weight excluding hydrogens is 354 g/mol. The van der Waals surface area contributed by atoms with Gasteiger partial charge in [-0.15, -0.1) is 11.8 Å². The first-order chi connectivity index (χ1) is 12.4. The van der Waals surface area contributed by atoms with E-state index in [0.29, 0.717) is 0 Å². The zero-order chi connectivity index (χ0) is 18.7. The van der Waals surface area contributed by atoms with Gasteiger partial charge in [0, 0.05) is 4.90 Å². The molecule has 1 aromatic carbocycles. The number of esters is 1. The first-order valence-electron chi connectivity index (χ1n) is 8.36. The van der Waals surface area contributed by atoms with Gasteiger partial charge in [-0.25, -0.2) is 0 Å². The van der Waals surface area contributed by atoms with Crippen molar-refractivity contribution in [2.75, 3.05) is 11.9 Å². The van der Waals surface area contributed by atoms with Crippen molar-refractivity contribution < 1.29 is 19.1 Å². The zero-order valence-corrected chi connectivity index (χ0v) is 15.1. The van der Waals surface area contributed by atoms with Crippen LogP contribution in [-0.4, -0.2) is 35.2 Å². The van der Waals surface area contributed by atoms with Crippen molar-refractivity contribution in [3.05, 3.63) is 24.3 Å². The van der Waals surface area contributed by atoms with E-state index in [4.69, 9.17) is 4.74 Å². The summed E-state index contributed by atoms with van der Waals surface area (Å²) in [6, 6.07) is 9.45.